The number of H-pyrrole nitrogens is 1. The van der Waals surface area contributed by atoms with E-state index in [4.69, 9.17) is 15.2 Å². The van der Waals surface area contributed by atoms with Crippen molar-refractivity contribution < 1.29 is 9.47 Å². The van der Waals surface area contributed by atoms with Gasteiger partial charge in [0.2, 0.25) is 0 Å². The number of anilines is 1. The van der Waals surface area contributed by atoms with Crippen LogP contribution < -0.4 is 15.2 Å². The number of ether oxygens (including phenoxy) is 2. The Morgan fingerprint density at radius 3 is 2.77 bits per heavy atom. The van der Waals surface area contributed by atoms with Gasteiger partial charge in [-0.05, 0) is 30.3 Å². The molecule has 0 amide bonds. The van der Waals surface area contributed by atoms with Crippen molar-refractivity contribution in [3.63, 3.8) is 0 Å². The summed E-state index contributed by atoms with van der Waals surface area (Å²) in [6.45, 7) is 0.380. The van der Waals surface area contributed by atoms with Crippen molar-refractivity contribution in [1.29, 1.82) is 0 Å². The zero-order valence-corrected chi connectivity index (χ0v) is 12.2. The minimum Gasteiger partial charge on any atom is -0.497 e. The number of hydrogen-bond donors (Lipinski definition) is 2. The largest absolute Gasteiger partial charge is 0.497 e. The van der Waals surface area contributed by atoms with E-state index >= 15 is 0 Å². The molecule has 1 aromatic heterocycles. The number of aromatic nitrogens is 2. The van der Waals surface area contributed by atoms with Crippen LogP contribution in [-0.4, -0.2) is 17.3 Å². The summed E-state index contributed by atoms with van der Waals surface area (Å²) in [5.74, 6) is 1.47. The molecule has 5 heteroatoms. The van der Waals surface area contributed by atoms with Gasteiger partial charge in [0.1, 0.15) is 18.1 Å². The molecule has 3 aromatic rings. The van der Waals surface area contributed by atoms with Crippen molar-refractivity contribution in [2.75, 3.05) is 12.8 Å². The fourth-order valence-electron chi connectivity index (χ4n) is 2.13. The second-order valence-electron chi connectivity index (χ2n) is 4.84. The molecule has 0 aliphatic carbocycles. The van der Waals surface area contributed by atoms with Crippen molar-refractivity contribution in [2.45, 2.75) is 6.61 Å². The lowest BCUT2D eigenvalue weighted by Gasteiger charge is -2.06. The summed E-state index contributed by atoms with van der Waals surface area (Å²) in [7, 11) is 1.65. The van der Waals surface area contributed by atoms with Crippen molar-refractivity contribution in [3.05, 3.63) is 60.3 Å². The highest BCUT2D eigenvalue weighted by Crippen LogP contribution is 2.24. The molecule has 3 N–H and O–H groups in total. The first kappa shape index (κ1) is 14.0. The van der Waals surface area contributed by atoms with Crippen LogP contribution >= 0.6 is 0 Å². The van der Waals surface area contributed by atoms with E-state index in [1.54, 1.807) is 7.11 Å². The predicted octanol–water partition coefficient (Wildman–Crippen LogP) is 3.25. The molecule has 22 heavy (non-hydrogen) atoms. The Labute approximate surface area is 128 Å². The van der Waals surface area contributed by atoms with Gasteiger partial charge in [-0.2, -0.15) is 5.10 Å². The third-order valence-corrected chi connectivity index (χ3v) is 3.30. The van der Waals surface area contributed by atoms with Gasteiger partial charge in [-0.3, -0.25) is 5.10 Å². The fraction of sp³-hybridized carbons (Fsp3) is 0.118. The van der Waals surface area contributed by atoms with Crippen LogP contribution in [0.1, 0.15) is 5.69 Å². The molecular formula is C17H17N3O2. The first-order valence-electron chi connectivity index (χ1n) is 6.92. The number of rotatable bonds is 5. The lowest BCUT2D eigenvalue weighted by atomic mass is 10.1. The molecule has 3 rings (SSSR count). The van der Waals surface area contributed by atoms with Crippen LogP contribution in [0.4, 0.5) is 5.69 Å². The monoisotopic (exact) mass is 295 g/mol. The highest BCUT2D eigenvalue weighted by atomic mass is 16.5. The standard InChI is InChI=1S/C17H17N3O2/c1-21-14-6-4-5-12(9-14)16-10-13(19-20-16)11-22-17-8-3-2-7-15(17)18/h2-10H,11,18H2,1H3,(H,19,20). The van der Waals surface area contributed by atoms with Crippen molar-refractivity contribution in [3.8, 4) is 22.8 Å². The SMILES string of the molecule is COc1cccc(-c2cc(COc3ccccc3N)[nH]n2)c1. The summed E-state index contributed by atoms with van der Waals surface area (Å²) in [6.07, 6.45) is 0. The maximum Gasteiger partial charge on any atom is 0.142 e. The van der Waals surface area contributed by atoms with Gasteiger partial charge in [0.25, 0.3) is 0 Å². The van der Waals surface area contributed by atoms with Crippen LogP contribution in [-0.2, 0) is 6.61 Å². The number of methoxy groups -OCH3 is 1. The van der Waals surface area contributed by atoms with E-state index < -0.39 is 0 Å². The van der Waals surface area contributed by atoms with Crippen LogP contribution in [0.3, 0.4) is 0 Å². The average Bonchev–Trinajstić information content (AvgIpc) is 3.03. The maximum absolute atomic E-state index is 5.85. The maximum atomic E-state index is 5.85. The molecule has 0 unspecified atom stereocenters. The van der Waals surface area contributed by atoms with Gasteiger partial charge < -0.3 is 15.2 Å². The molecule has 0 aliphatic heterocycles. The Morgan fingerprint density at radius 1 is 1.09 bits per heavy atom. The third kappa shape index (κ3) is 3.03. The summed E-state index contributed by atoms with van der Waals surface area (Å²) < 4.78 is 10.9. The molecule has 0 atom stereocenters. The van der Waals surface area contributed by atoms with E-state index in [1.807, 2.05) is 54.6 Å². The van der Waals surface area contributed by atoms with Crippen LogP contribution in [0.5, 0.6) is 11.5 Å². The van der Waals surface area contributed by atoms with Gasteiger partial charge >= 0.3 is 0 Å². The number of hydrogen-bond acceptors (Lipinski definition) is 4. The highest BCUT2D eigenvalue weighted by molar-refractivity contribution is 5.61. The Bertz CT molecular complexity index is 768. The molecule has 0 aliphatic rings. The number of para-hydroxylation sites is 2. The van der Waals surface area contributed by atoms with Gasteiger partial charge in [0, 0.05) is 5.56 Å². The van der Waals surface area contributed by atoms with E-state index in [2.05, 4.69) is 10.2 Å². The Hall–Kier alpha value is -2.95. The number of aromatic amines is 1. The zero-order valence-electron chi connectivity index (χ0n) is 12.2. The van der Waals surface area contributed by atoms with E-state index in [9.17, 15) is 0 Å². The molecule has 112 valence electrons. The molecule has 2 aromatic carbocycles. The first-order valence-corrected chi connectivity index (χ1v) is 6.92. The topological polar surface area (TPSA) is 73.2 Å². The number of nitrogens with two attached hydrogens (primary N) is 1. The summed E-state index contributed by atoms with van der Waals surface area (Å²) in [4.78, 5) is 0. The zero-order chi connectivity index (χ0) is 15.4. The smallest absolute Gasteiger partial charge is 0.142 e. The van der Waals surface area contributed by atoms with Crippen LogP contribution in [0, 0.1) is 0 Å². The number of nitrogens with zero attached hydrogens (tertiary/aromatic N) is 1. The molecule has 1 heterocycles. The fourth-order valence-corrected chi connectivity index (χ4v) is 2.13. The van der Waals surface area contributed by atoms with Crippen LogP contribution in [0.2, 0.25) is 0 Å². The predicted molar refractivity (Wildman–Crippen MR) is 85.8 cm³/mol. The second-order valence-corrected chi connectivity index (χ2v) is 4.84. The van der Waals surface area contributed by atoms with Crippen molar-refractivity contribution in [2.24, 2.45) is 0 Å². The quantitative estimate of drug-likeness (QED) is 0.709. The van der Waals surface area contributed by atoms with Gasteiger partial charge in [-0.25, -0.2) is 0 Å². The summed E-state index contributed by atoms with van der Waals surface area (Å²) >= 11 is 0. The number of benzene rings is 2. The van der Waals surface area contributed by atoms with E-state index in [0.29, 0.717) is 18.0 Å². The molecule has 0 bridgehead atoms. The summed E-state index contributed by atoms with van der Waals surface area (Å²) in [6, 6.07) is 17.1. The number of nitrogens with one attached hydrogen (secondary N) is 1. The lowest BCUT2D eigenvalue weighted by molar-refractivity contribution is 0.303. The van der Waals surface area contributed by atoms with Gasteiger partial charge in [0.15, 0.2) is 0 Å². The summed E-state index contributed by atoms with van der Waals surface area (Å²) in [5.41, 5.74) is 9.18. The summed E-state index contributed by atoms with van der Waals surface area (Å²) in [5, 5.41) is 7.28. The minimum absolute atomic E-state index is 0.380. The lowest BCUT2D eigenvalue weighted by Crippen LogP contribution is -1.98. The molecule has 0 radical (unpaired) electrons. The molecule has 0 spiro atoms. The van der Waals surface area contributed by atoms with Crippen molar-refractivity contribution in [1.82, 2.24) is 10.2 Å². The van der Waals surface area contributed by atoms with E-state index in [0.717, 1.165) is 22.7 Å². The molecule has 0 saturated carbocycles. The Balaban J connectivity index is 1.72. The molecular weight excluding hydrogens is 278 g/mol. The Kier molecular flexibility index (Phi) is 3.96. The minimum atomic E-state index is 0.380. The third-order valence-electron chi connectivity index (χ3n) is 3.30. The average molecular weight is 295 g/mol. The first-order chi connectivity index (χ1) is 10.8. The molecule has 0 saturated heterocycles. The van der Waals surface area contributed by atoms with Gasteiger partial charge in [-0.1, -0.05) is 24.3 Å². The molecule has 0 fully saturated rings. The van der Waals surface area contributed by atoms with E-state index in [-0.39, 0.29) is 0 Å². The van der Waals surface area contributed by atoms with Gasteiger partial charge in [0.05, 0.1) is 24.2 Å². The highest BCUT2D eigenvalue weighted by Gasteiger charge is 2.06. The number of nitrogen functional groups attached to an aromatic ring is 1. The normalized spacial score (nSPS) is 10.4. The van der Waals surface area contributed by atoms with E-state index in [1.165, 1.54) is 0 Å². The van der Waals surface area contributed by atoms with Crippen molar-refractivity contribution >= 4 is 5.69 Å². The molecule has 5 nitrogen and oxygen atoms in total. The Morgan fingerprint density at radius 2 is 1.95 bits per heavy atom. The van der Waals surface area contributed by atoms with Crippen LogP contribution in [0.25, 0.3) is 11.3 Å². The van der Waals surface area contributed by atoms with Gasteiger partial charge in [-0.15, -0.1) is 0 Å². The van der Waals surface area contributed by atoms with Crippen LogP contribution in [0.15, 0.2) is 54.6 Å². The second kappa shape index (κ2) is 6.22.